The van der Waals surface area contributed by atoms with E-state index in [1.807, 2.05) is 12.1 Å². The van der Waals surface area contributed by atoms with Crippen LogP contribution in [0, 0.1) is 6.92 Å². The molecule has 2 aromatic carbocycles. The van der Waals surface area contributed by atoms with Gasteiger partial charge in [-0.2, -0.15) is 0 Å². The normalized spacial score (nSPS) is 10.6. The molecular formula is C18H23NO. The first-order valence-corrected chi connectivity index (χ1v) is 7.19. The quantitative estimate of drug-likeness (QED) is 0.773. The van der Waals surface area contributed by atoms with Gasteiger partial charge in [0.25, 0.3) is 0 Å². The molecular weight excluding hydrogens is 246 g/mol. The average molecular weight is 269 g/mol. The van der Waals surface area contributed by atoms with Gasteiger partial charge in [0.05, 0.1) is 0 Å². The number of hydrogen-bond acceptors (Lipinski definition) is 2. The number of anilines is 1. The lowest BCUT2D eigenvalue weighted by atomic mass is 10.0. The molecule has 0 fully saturated rings. The third-order valence-electron chi connectivity index (χ3n) is 3.29. The maximum absolute atomic E-state index is 5.72. The Morgan fingerprint density at radius 2 is 1.70 bits per heavy atom. The standard InChI is InChI=1S/C18H23NO/c1-14(2)17-6-4-5-7-18(17)19-12-13-20-16-10-8-15(3)9-11-16/h4-11,14,19H,12-13H2,1-3H3. The van der Waals surface area contributed by atoms with Gasteiger partial charge in [-0.15, -0.1) is 0 Å². The van der Waals surface area contributed by atoms with Crippen LogP contribution in [0.1, 0.15) is 30.9 Å². The van der Waals surface area contributed by atoms with E-state index in [0.717, 1.165) is 12.3 Å². The van der Waals surface area contributed by atoms with Crippen LogP contribution >= 0.6 is 0 Å². The Balaban J connectivity index is 1.83. The summed E-state index contributed by atoms with van der Waals surface area (Å²) >= 11 is 0. The van der Waals surface area contributed by atoms with Gasteiger partial charge in [-0.1, -0.05) is 49.7 Å². The summed E-state index contributed by atoms with van der Waals surface area (Å²) in [6, 6.07) is 16.6. The molecule has 0 spiro atoms. The molecule has 0 atom stereocenters. The first-order chi connectivity index (χ1) is 9.66. The topological polar surface area (TPSA) is 21.3 Å². The van der Waals surface area contributed by atoms with Crippen LogP contribution in [0.4, 0.5) is 5.69 Å². The monoisotopic (exact) mass is 269 g/mol. The van der Waals surface area contributed by atoms with Crippen LogP contribution in [0.5, 0.6) is 5.75 Å². The lowest BCUT2D eigenvalue weighted by Gasteiger charge is -2.14. The molecule has 0 aliphatic rings. The van der Waals surface area contributed by atoms with Gasteiger partial charge >= 0.3 is 0 Å². The van der Waals surface area contributed by atoms with Crippen molar-refractivity contribution in [3.05, 3.63) is 59.7 Å². The minimum Gasteiger partial charge on any atom is -0.492 e. The summed E-state index contributed by atoms with van der Waals surface area (Å²) < 4.78 is 5.72. The minimum absolute atomic E-state index is 0.525. The summed E-state index contributed by atoms with van der Waals surface area (Å²) in [5.41, 5.74) is 3.80. The number of benzene rings is 2. The molecule has 2 heteroatoms. The van der Waals surface area contributed by atoms with Crippen LogP contribution < -0.4 is 10.1 Å². The molecule has 0 aliphatic carbocycles. The zero-order valence-corrected chi connectivity index (χ0v) is 12.5. The molecule has 2 rings (SSSR count). The smallest absolute Gasteiger partial charge is 0.119 e. The molecule has 0 aliphatic heterocycles. The van der Waals surface area contributed by atoms with Crippen LogP contribution in [-0.4, -0.2) is 13.2 Å². The maximum atomic E-state index is 5.72. The molecule has 0 radical (unpaired) electrons. The predicted molar refractivity (Wildman–Crippen MR) is 85.7 cm³/mol. The maximum Gasteiger partial charge on any atom is 0.119 e. The Hall–Kier alpha value is -1.96. The van der Waals surface area contributed by atoms with Crippen molar-refractivity contribution in [2.24, 2.45) is 0 Å². The number of para-hydroxylation sites is 1. The lowest BCUT2D eigenvalue weighted by molar-refractivity contribution is 0.333. The predicted octanol–water partition coefficient (Wildman–Crippen LogP) is 4.61. The Bertz CT molecular complexity index is 531. The Morgan fingerprint density at radius 3 is 2.40 bits per heavy atom. The zero-order chi connectivity index (χ0) is 14.4. The molecule has 0 heterocycles. The zero-order valence-electron chi connectivity index (χ0n) is 12.5. The van der Waals surface area contributed by atoms with E-state index in [2.05, 4.69) is 62.5 Å². The molecule has 20 heavy (non-hydrogen) atoms. The van der Waals surface area contributed by atoms with Crippen LogP contribution in [0.15, 0.2) is 48.5 Å². The number of rotatable bonds is 6. The van der Waals surface area contributed by atoms with Crippen molar-refractivity contribution in [3.63, 3.8) is 0 Å². The minimum atomic E-state index is 0.525. The summed E-state index contributed by atoms with van der Waals surface area (Å²) in [6.07, 6.45) is 0. The van der Waals surface area contributed by atoms with Gasteiger partial charge in [0.1, 0.15) is 12.4 Å². The van der Waals surface area contributed by atoms with Crippen molar-refractivity contribution in [1.29, 1.82) is 0 Å². The highest BCUT2D eigenvalue weighted by atomic mass is 16.5. The second-order valence-electron chi connectivity index (χ2n) is 5.33. The molecule has 0 aromatic heterocycles. The van der Waals surface area contributed by atoms with Crippen molar-refractivity contribution in [2.45, 2.75) is 26.7 Å². The number of aryl methyl sites for hydroxylation is 1. The van der Waals surface area contributed by atoms with E-state index in [9.17, 15) is 0 Å². The molecule has 0 saturated carbocycles. The summed E-state index contributed by atoms with van der Waals surface area (Å²) in [5, 5.41) is 3.45. The van der Waals surface area contributed by atoms with Gasteiger partial charge in [-0.25, -0.2) is 0 Å². The van der Waals surface area contributed by atoms with E-state index >= 15 is 0 Å². The van der Waals surface area contributed by atoms with E-state index in [1.54, 1.807) is 0 Å². The molecule has 0 unspecified atom stereocenters. The molecule has 106 valence electrons. The highest BCUT2D eigenvalue weighted by Gasteiger charge is 2.04. The second-order valence-corrected chi connectivity index (χ2v) is 5.33. The SMILES string of the molecule is Cc1ccc(OCCNc2ccccc2C(C)C)cc1. The molecule has 0 saturated heterocycles. The first-order valence-electron chi connectivity index (χ1n) is 7.19. The Labute approximate surface area is 121 Å². The van der Waals surface area contributed by atoms with Gasteiger partial charge in [0.2, 0.25) is 0 Å². The number of hydrogen-bond donors (Lipinski definition) is 1. The second kappa shape index (κ2) is 6.99. The van der Waals surface area contributed by atoms with Crippen molar-refractivity contribution in [3.8, 4) is 5.75 Å². The average Bonchev–Trinajstić information content (AvgIpc) is 2.46. The molecule has 0 amide bonds. The van der Waals surface area contributed by atoms with Gasteiger partial charge < -0.3 is 10.1 Å². The lowest BCUT2D eigenvalue weighted by Crippen LogP contribution is -2.12. The van der Waals surface area contributed by atoms with Crippen LogP contribution in [-0.2, 0) is 0 Å². The van der Waals surface area contributed by atoms with Crippen LogP contribution in [0.25, 0.3) is 0 Å². The van der Waals surface area contributed by atoms with Crippen LogP contribution in [0.3, 0.4) is 0 Å². The third kappa shape index (κ3) is 4.02. The summed E-state index contributed by atoms with van der Waals surface area (Å²) in [5.74, 6) is 1.45. The van der Waals surface area contributed by atoms with Gasteiger partial charge in [-0.05, 0) is 36.6 Å². The Morgan fingerprint density at radius 1 is 1.00 bits per heavy atom. The molecule has 2 aromatic rings. The van der Waals surface area contributed by atoms with E-state index in [4.69, 9.17) is 4.74 Å². The van der Waals surface area contributed by atoms with Gasteiger partial charge in [0, 0.05) is 12.2 Å². The molecule has 1 N–H and O–H groups in total. The number of ether oxygens (including phenoxy) is 1. The largest absolute Gasteiger partial charge is 0.492 e. The van der Waals surface area contributed by atoms with Crippen molar-refractivity contribution in [2.75, 3.05) is 18.5 Å². The van der Waals surface area contributed by atoms with E-state index in [1.165, 1.54) is 16.8 Å². The van der Waals surface area contributed by atoms with Gasteiger partial charge in [0.15, 0.2) is 0 Å². The van der Waals surface area contributed by atoms with E-state index in [-0.39, 0.29) is 0 Å². The summed E-state index contributed by atoms with van der Waals surface area (Å²) in [6.45, 7) is 7.97. The van der Waals surface area contributed by atoms with Crippen LogP contribution in [0.2, 0.25) is 0 Å². The number of nitrogens with one attached hydrogen (secondary N) is 1. The van der Waals surface area contributed by atoms with Crippen molar-refractivity contribution >= 4 is 5.69 Å². The first kappa shape index (κ1) is 14.4. The van der Waals surface area contributed by atoms with E-state index in [0.29, 0.717) is 12.5 Å². The molecule has 2 nitrogen and oxygen atoms in total. The molecule has 0 bridgehead atoms. The van der Waals surface area contributed by atoms with Crippen molar-refractivity contribution < 1.29 is 4.74 Å². The van der Waals surface area contributed by atoms with Crippen molar-refractivity contribution in [1.82, 2.24) is 0 Å². The van der Waals surface area contributed by atoms with Gasteiger partial charge in [-0.3, -0.25) is 0 Å². The Kier molecular flexibility index (Phi) is 5.05. The fourth-order valence-corrected chi connectivity index (χ4v) is 2.15. The highest BCUT2D eigenvalue weighted by Crippen LogP contribution is 2.23. The third-order valence-corrected chi connectivity index (χ3v) is 3.29. The fourth-order valence-electron chi connectivity index (χ4n) is 2.15. The summed E-state index contributed by atoms with van der Waals surface area (Å²) in [4.78, 5) is 0. The van der Waals surface area contributed by atoms with E-state index < -0.39 is 0 Å². The summed E-state index contributed by atoms with van der Waals surface area (Å²) in [7, 11) is 0. The highest BCUT2D eigenvalue weighted by molar-refractivity contribution is 5.52. The fraction of sp³-hybridized carbons (Fsp3) is 0.333.